The van der Waals surface area contributed by atoms with Crippen molar-refractivity contribution in [2.24, 2.45) is 0 Å². The maximum absolute atomic E-state index is 9.67. The van der Waals surface area contributed by atoms with Crippen molar-refractivity contribution < 1.29 is 40.8 Å². The Balaban J connectivity index is 0.00000441. The van der Waals surface area contributed by atoms with E-state index in [2.05, 4.69) is 0 Å². The lowest BCUT2D eigenvalue weighted by molar-refractivity contribution is -0.288. The molecule has 0 spiro atoms. The minimum absolute atomic E-state index is 0. The third-order valence-corrected chi connectivity index (χ3v) is 3.06. The Bertz CT molecular complexity index is 270. The van der Waals surface area contributed by atoms with Gasteiger partial charge in [-0.3, -0.25) is 0 Å². The van der Waals surface area contributed by atoms with Crippen molar-refractivity contribution in [3.63, 3.8) is 0 Å². The van der Waals surface area contributed by atoms with Crippen molar-refractivity contribution in [1.29, 1.82) is 0 Å². The number of aliphatic hydroxyl groups excluding tert-OH is 4. The lowest BCUT2D eigenvalue weighted by Gasteiger charge is -2.38. The average molecular weight is 312 g/mol. The predicted molar refractivity (Wildman–Crippen MR) is 73.8 cm³/mol. The van der Waals surface area contributed by atoms with Crippen LogP contribution in [0, 0.1) is 0 Å². The zero-order valence-electron chi connectivity index (χ0n) is 12.3. The van der Waals surface area contributed by atoms with Crippen LogP contribution in [0.5, 0.6) is 0 Å². The molecule has 0 saturated carbocycles. The Morgan fingerprint density at radius 1 is 0.810 bits per heavy atom. The Morgan fingerprint density at radius 2 is 1.38 bits per heavy atom. The zero-order chi connectivity index (χ0) is 15.7. The number of hydrogen-bond donors (Lipinski definition) is 4. The quantitative estimate of drug-likeness (QED) is 0.360. The van der Waals surface area contributed by atoms with Crippen LogP contribution >= 0.6 is 0 Å². The zero-order valence-corrected chi connectivity index (χ0v) is 12.3. The molecule has 1 fully saturated rings. The van der Waals surface area contributed by atoms with Gasteiger partial charge in [0, 0.05) is 8.03 Å². The normalized spacial score (nSPS) is 33.3. The molecular formula is C13H28O8. The second-order valence-corrected chi connectivity index (χ2v) is 4.84. The van der Waals surface area contributed by atoms with Gasteiger partial charge in [0.2, 0.25) is 0 Å². The van der Waals surface area contributed by atoms with Crippen LogP contribution < -0.4 is 0 Å². The molecule has 8 heteroatoms. The molecule has 0 amide bonds. The number of hydrogen-bond acceptors (Lipinski definition) is 8. The molecule has 1 rings (SSSR count). The second kappa shape index (κ2) is 10.4. The van der Waals surface area contributed by atoms with Gasteiger partial charge in [0.15, 0.2) is 6.29 Å². The van der Waals surface area contributed by atoms with Crippen LogP contribution in [-0.4, -0.2) is 90.8 Å². The molecule has 1 saturated heterocycles. The summed E-state index contributed by atoms with van der Waals surface area (Å²) in [6.07, 6.45) is -5.77. The highest BCUT2D eigenvalue weighted by Crippen LogP contribution is 2.19. The molecule has 0 aromatic heterocycles. The topological polar surface area (TPSA) is 118 Å². The summed E-state index contributed by atoms with van der Waals surface area (Å²) in [6.45, 7) is 4.40. The molecule has 4 N–H and O–H groups in total. The third kappa shape index (κ3) is 6.54. The van der Waals surface area contributed by atoms with E-state index in [1.807, 2.05) is 6.92 Å². The van der Waals surface area contributed by atoms with E-state index < -0.39 is 30.7 Å². The summed E-state index contributed by atoms with van der Waals surface area (Å²) < 4.78 is 20.7. The van der Waals surface area contributed by atoms with Crippen LogP contribution in [-0.2, 0) is 18.9 Å². The van der Waals surface area contributed by atoms with Gasteiger partial charge in [0.05, 0.1) is 33.0 Å². The van der Waals surface area contributed by atoms with Gasteiger partial charge in [-0.25, -0.2) is 0 Å². The van der Waals surface area contributed by atoms with Crippen LogP contribution in [0.15, 0.2) is 0 Å². The van der Waals surface area contributed by atoms with Crippen molar-refractivity contribution in [2.75, 3.05) is 39.6 Å². The summed E-state index contributed by atoms with van der Waals surface area (Å²) in [7, 11) is 0. The first-order valence-electron chi connectivity index (χ1n) is 7.18. The Kier molecular flexibility index (Phi) is 9.29. The molecule has 128 valence electrons. The van der Waals surface area contributed by atoms with Crippen molar-refractivity contribution in [2.45, 2.75) is 44.1 Å². The summed E-state index contributed by atoms with van der Waals surface area (Å²) in [6, 6.07) is 0. The lowest BCUT2D eigenvalue weighted by Crippen LogP contribution is -2.58. The summed E-state index contributed by atoms with van der Waals surface area (Å²) in [5.74, 6) is 0. The molecule has 0 radical (unpaired) electrons. The molecule has 0 aromatic rings. The van der Waals surface area contributed by atoms with E-state index in [1.54, 1.807) is 0 Å². The predicted octanol–water partition coefficient (Wildman–Crippen LogP) is -1.51. The fourth-order valence-electron chi connectivity index (χ4n) is 1.85. The highest BCUT2D eigenvalue weighted by molar-refractivity contribution is 4.88. The van der Waals surface area contributed by atoms with Crippen molar-refractivity contribution in [3.05, 3.63) is 0 Å². The Labute approximate surface area is 125 Å². The SMILES string of the molecule is CCCOCCOCCOCC1O[C@H](O)C(O)[C@@H](O)[C@@H]1O.[HH]. The van der Waals surface area contributed by atoms with Gasteiger partial charge in [0.25, 0.3) is 0 Å². The summed E-state index contributed by atoms with van der Waals surface area (Å²) in [4.78, 5) is 0. The van der Waals surface area contributed by atoms with Crippen LogP contribution in [0.2, 0.25) is 0 Å². The van der Waals surface area contributed by atoms with Gasteiger partial charge >= 0.3 is 0 Å². The highest BCUT2D eigenvalue weighted by Gasteiger charge is 2.42. The molecular weight excluding hydrogens is 284 g/mol. The number of aliphatic hydroxyl groups is 4. The standard InChI is InChI=1S/C13H26O8.H2/c1-2-3-18-4-5-19-6-7-20-8-9-10(14)11(15)12(16)13(17)21-9;/h9-17H,2-8H2,1H3;1H/t9?,10-,11+,12?,13+;/m1./s1. The number of ether oxygens (including phenoxy) is 4. The molecule has 1 heterocycles. The summed E-state index contributed by atoms with van der Waals surface area (Å²) in [5, 5.41) is 37.8. The first-order chi connectivity index (χ1) is 10.1. The Hall–Kier alpha value is -0.320. The molecule has 21 heavy (non-hydrogen) atoms. The van der Waals surface area contributed by atoms with Crippen molar-refractivity contribution in [1.82, 2.24) is 0 Å². The van der Waals surface area contributed by atoms with Crippen LogP contribution in [0.25, 0.3) is 0 Å². The maximum atomic E-state index is 9.67. The molecule has 0 bridgehead atoms. The average Bonchev–Trinajstić information content (AvgIpc) is 2.48. The van der Waals surface area contributed by atoms with E-state index in [-0.39, 0.29) is 14.6 Å². The molecule has 1 aliphatic heterocycles. The number of rotatable bonds is 10. The van der Waals surface area contributed by atoms with E-state index in [4.69, 9.17) is 18.9 Å². The van der Waals surface area contributed by atoms with Crippen LogP contribution in [0.1, 0.15) is 14.8 Å². The van der Waals surface area contributed by atoms with E-state index >= 15 is 0 Å². The summed E-state index contributed by atoms with van der Waals surface area (Å²) >= 11 is 0. The molecule has 1 aliphatic rings. The molecule has 8 nitrogen and oxygen atoms in total. The van der Waals surface area contributed by atoms with E-state index in [0.717, 1.165) is 6.42 Å². The molecule has 5 atom stereocenters. The second-order valence-electron chi connectivity index (χ2n) is 4.84. The van der Waals surface area contributed by atoms with Gasteiger partial charge < -0.3 is 39.4 Å². The van der Waals surface area contributed by atoms with Gasteiger partial charge in [0.1, 0.15) is 24.4 Å². The molecule has 0 aromatic carbocycles. The molecule has 0 aliphatic carbocycles. The minimum atomic E-state index is -1.54. The van der Waals surface area contributed by atoms with E-state index in [9.17, 15) is 20.4 Å². The monoisotopic (exact) mass is 312 g/mol. The first-order valence-corrected chi connectivity index (χ1v) is 7.18. The van der Waals surface area contributed by atoms with Gasteiger partial charge in [-0.2, -0.15) is 0 Å². The highest BCUT2D eigenvalue weighted by atomic mass is 16.6. The smallest absolute Gasteiger partial charge is 0.184 e. The Morgan fingerprint density at radius 3 is 2.00 bits per heavy atom. The fraction of sp³-hybridized carbons (Fsp3) is 1.00. The summed E-state index contributed by atoms with van der Waals surface area (Å²) in [5.41, 5.74) is 0. The van der Waals surface area contributed by atoms with Gasteiger partial charge in [-0.15, -0.1) is 0 Å². The largest absolute Gasteiger partial charge is 0.387 e. The van der Waals surface area contributed by atoms with Gasteiger partial charge in [-0.05, 0) is 6.42 Å². The van der Waals surface area contributed by atoms with Crippen LogP contribution in [0.3, 0.4) is 0 Å². The van der Waals surface area contributed by atoms with Crippen LogP contribution in [0.4, 0.5) is 0 Å². The van der Waals surface area contributed by atoms with E-state index in [1.165, 1.54) is 0 Å². The fourth-order valence-corrected chi connectivity index (χ4v) is 1.85. The molecule has 2 unspecified atom stereocenters. The maximum Gasteiger partial charge on any atom is 0.184 e. The third-order valence-electron chi connectivity index (χ3n) is 3.06. The van der Waals surface area contributed by atoms with Crippen molar-refractivity contribution in [3.8, 4) is 0 Å². The first kappa shape index (κ1) is 18.7. The minimum Gasteiger partial charge on any atom is -0.387 e. The van der Waals surface area contributed by atoms with E-state index in [0.29, 0.717) is 26.4 Å². The van der Waals surface area contributed by atoms with Crippen molar-refractivity contribution >= 4 is 0 Å². The van der Waals surface area contributed by atoms with Gasteiger partial charge in [-0.1, -0.05) is 6.92 Å². The lowest BCUT2D eigenvalue weighted by atomic mass is 9.99.